The van der Waals surface area contributed by atoms with Crippen molar-refractivity contribution in [2.45, 2.75) is 44.9 Å². The molecule has 1 aromatic rings. The van der Waals surface area contributed by atoms with E-state index in [4.69, 9.17) is 14.2 Å². The number of rotatable bonds is 9. The molecule has 0 aliphatic rings. The van der Waals surface area contributed by atoms with E-state index in [2.05, 4.69) is 31.1 Å². The molecule has 7 nitrogen and oxygen atoms in total. The molecule has 0 spiro atoms. The third-order valence-electron chi connectivity index (χ3n) is 3.71. The fourth-order valence-electron chi connectivity index (χ4n) is 2.34. The first-order valence-electron chi connectivity index (χ1n) is 7.78. The summed E-state index contributed by atoms with van der Waals surface area (Å²) in [5, 5.41) is 12.4. The Morgan fingerprint density at radius 1 is 1.29 bits per heavy atom. The van der Waals surface area contributed by atoms with Gasteiger partial charge in [0.25, 0.3) is 0 Å². The number of hydrogen-bond donors (Lipinski definition) is 2. The smallest absolute Gasteiger partial charge is 0.305 e. The predicted molar refractivity (Wildman–Crippen MR) is 90.3 cm³/mol. The highest BCUT2D eigenvalue weighted by atomic mass is 16.7. The van der Waals surface area contributed by atoms with Gasteiger partial charge < -0.3 is 24.6 Å². The molecule has 2 N–H and O–H groups in total. The van der Waals surface area contributed by atoms with Crippen LogP contribution in [0.3, 0.4) is 0 Å². The van der Waals surface area contributed by atoms with Gasteiger partial charge in [-0.25, -0.2) is 4.98 Å². The summed E-state index contributed by atoms with van der Waals surface area (Å²) in [6.07, 6.45) is 1.12. The molecule has 0 amide bonds. The Morgan fingerprint density at radius 3 is 2.38 bits per heavy atom. The number of pyridine rings is 1. The molecule has 0 aromatic carbocycles. The van der Waals surface area contributed by atoms with E-state index in [1.807, 2.05) is 6.07 Å². The van der Waals surface area contributed by atoms with Gasteiger partial charge in [0.05, 0.1) is 13.5 Å². The zero-order valence-electron chi connectivity index (χ0n) is 15.3. The van der Waals surface area contributed by atoms with Crippen molar-refractivity contribution in [3.63, 3.8) is 0 Å². The lowest BCUT2D eigenvalue weighted by Crippen LogP contribution is -2.34. The number of nitrogens with one attached hydrogen (secondary N) is 1. The van der Waals surface area contributed by atoms with Crippen LogP contribution in [0.15, 0.2) is 12.3 Å². The second kappa shape index (κ2) is 8.96. The van der Waals surface area contributed by atoms with Gasteiger partial charge in [-0.2, -0.15) is 0 Å². The Bertz CT molecular complexity index is 538. The summed E-state index contributed by atoms with van der Waals surface area (Å²) in [4.78, 5) is 15.6. The third-order valence-corrected chi connectivity index (χ3v) is 3.71. The second-order valence-corrected chi connectivity index (χ2v) is 6.54. The van der Waals surface area contributed by atoms with Gasteiger partial charge in [-0.3, -0.25) is 4.79 Å². The Balaban J connectivity index is 3.11. The summed E-state index contributed by atoms with van der Waals surface area (Å²) < 4.78 is 15.6. The van der Waals surface area contributed by atoms with Crippen molar-refractivity contribution >= 4 is 5.97 Å². The van der Waals surface area contributed by atoms with Gasteiger partial charge in [0.2, 0.25) is 5.88 Å². The SMILES string of the molecule is COc1ncc(C(CC(=O)O)NCC(OC)OC)cc1C(C)(C)C. The number of carbonyl (C=O) groups is 1. The van der Waals surface area contributed by atoms with Crippen LogP contribution in [0.1, 0.15) is 44.4 Å². The van der Waals surface area contributed by atoms with Crippen LogP contribution in [0.25, 0.3) is 0 Å². The van der Waals surface area contributed by atoms with E-state index >= 15 is 0 Å². The first-order valence-corrected chi connectivity index (χ1v) is 7.78. The standard InChI is InChI=1S/C17H28N2O5/c1-17(2,3)12-7-11(9-19-16(12)24-6)13(8-14(20)21)18-10-15(22-4)23-5/h7,9,13,15,18H,8,10H2,1-6H3,(H,20,21). The van der Waals surface area contributed by atoms with Crippen LogP contribution in [-0.2, 0) is 19.7 Å². The Morgan fingerprint density at radius 2 is 1.92 bits per heavy atom. The first kappa shape index (κ1) is 20.3. The first-order chi connectivity index (χ1) is 11.2. The molecule has 1 rings (SSSR count). The zero-order valence-corrected chi connectivity index (χ0v) is 15.3. The second-order valence-electron chi connectivity index (χ2n) is 6.54. The quantitative estimate of drug-likeness (QED) is 0.665. The van der Waals surface area contributed by atoms with Crippen molar-refractivity contribution < 1.29 is 24.1 Å². The van der Waals surface area contributed by atoms with Gasteiger partial charge in [0.1, 0.15) is 0 Å². The zero-order chi connectivity index (χ0) is 18.3. The molecule has 136 valence electrons. The summed E-state index contributed by atoms with van der Waals surface area (Å²) in [5.41, 5.74) is 1.53. The van der Waals surface area contributed by atoms with Crippen LogP contribution in [0.2, 0.25) is 0 Å². The van der Waals surface area contributed by atoms with E-state index in [1.165, 1.54) is 14.2 Å². The molecule has 1 heterocycles. The largest absolute Gasteiger partial charge is 0.481 e. The van der Waals surface area contributed by atoms with E-state index in [-0.39, 0.29) is 11.8 Å². The number of aromatic nitrogens is 1. The topological polar surface area (TPSA) is 89.9 Å². The highest BCUT2D eigenvalue weighted by Gasteiger charge is 2.24. The number of hydrogen-bond acceptors (Lipinski definition) is 6. The molecule has 1 atom stereocenters. The van der Waals surface area contributed by atoms with E-state index in [0.29, 0.717) is 12.4 Å². The van der Waals surface area contributed by atoms with Crippen LogP contribution in [-0.4, -0.2) is 50.2 Å². The van der Waals surface area contributed by atoms with Crippen LogP contribution in [0, 0.1) is 0 Å². The van der Waals surface area contributed by atoms with Crippen molar-refractivity contribution in [2.24, 2.45) is 0 Å². The van der Waals surface area contributed by atoms with Crippen molar-refractivity contribution in [3.8, 4) is 5.88 Å². The Labute approximate surface area is 143 Å². The van der Waals surface area contributed by atoms with Gasteiger partial charge in [0, 0.05) is 38.6 Å². The molecular weight excluding hydrogens is 312 g/mol. The van der Waals surface area contributed by atoms with Crippen molar-refractivity contribution in [2.75, 3.05) is 27.9 Å². The minimum absolute atomic E-state index is 0.0717. The van der Waals surface area contributed by atoms with Gasteiger partial charge in [-0.1, -0.05) is 20.8 Å². The molecule has 7 heteroatoms. The minimum Gasteiger partial charge on any atom is -0.481 e. The van der Waals surface area contributed by atoms with Gasteiger partial charge >= 0.3 is 5.97 Å². The van der Waals surface area contributed by atoms with E-state index < -0.39 is 18.3 Å². The maximum Gasteiger partial charge on any atom is 0.305 e. The van der Waals surface area contributed by atoms with Gasteiger partial charge in [-0.15, -0.1) is 0 Å². The number of carboxylic acids is 1. The number of aliphatic carboxylic acids is 1. The summed E-state index contributed by atoms with van der Waals surface area (Å²) in [6.45, 7) is 6.54. The maximum atomic E-state index is 11.2. The Kier molecular flexibility index (Phi) is 7.59. The highest BCUT2D eigenvalue weighted by Crippen LogP contribution is 2.32. The summed E-state index contributed by atoms with van der Waals surface area (Å²) in [6, 6.07) is 1.54. The van der Waals surface area contributed by atoms with Gasteiger partial charge in [0.15, 0.2) is 6.29 Å². The average Bonchev–Trinajstić information content (AvgIpc) is 2.52. The van der Waals surface area contributed by atoms with Crippen molar-refractivity contribution in [3.05, 3.63) is 23.4 Å². The molecule has 0 saturated heterocycles. The normalized spacial score (nSPS) is 13.1. The van der Waals surface area contributed by atoms with E-state index in [0.717, 1.165) is 11.1 Å². The van der Waals surface area contributed by atoms with Crippen LogP contribution in [0.5, 0.6) is 5.88 Å². The summed E-state index contributed by atoms with van der Waals surface area (Å²) in [5.74, 6) is -0.348. The van der Waals surface area contributed by atoms with Gasteiger partial charge in [-0.05, 0) is 17.0 Å². The fraction of sp³-hybridized carbons (Fsp3) is 0.647. The lowest BCUT2D eigenvalue weighted by Gasteiger charge is -2.25. The number of ether oxygens (including phenoxy) is 3. The van der Waals surface area contributed by atoms with E-state index in [1.54, 1.807) is 13.3 Å². The molecule has 0 saturated carbocycles. The Hall–Kier alpha value is -1.70. The van der Waals surface area contributed by atoms with Crippen LogP contribution < -0.4 is 10.1 Å². The summed E-state index contributed by atoms with van der Waals surface area (Å²) in [7, 11) is 4.65. The van der Waals surface area contributed by atoms with Crippen molar-refractivity contribution in [1.29, 1.82) is 0 Å². The third kappa shape index (κ3) is 5.74. The fourth-order valence-corrected chi connectivity index (χ4v) is 2.34. The monoisotopic (exact) mass is 340 g/mol. The lowest BCUT2D eigenvalue weighted by atomic mass is 9.86. The minimum atomic E-state index is -0.896. The number of carboxylic acid groups (broad SMARTS) is 1. The van der Waals surface area contributed by atoms with Crippen LogP contribution in [0.4, 0.5) is 0 Å². The molecular formula is C17H28N2O5. The predicted octanol–water partition coefficient (Wildman–Crippen LogP) is 2.11. The molecule has 24 heavy (non-hydrogen) atoms. The average molecular weight is 340 g/mol. The molecule has 1 aromatic heterocycles. The van der Waals surface area contributed by atoms with Crippen LogP contribution >= 0.6 is 0 Å². The maximum absolute atomic E-state index is 11.2. The molecule has 0 aliphatic carbocycles. The number of methoxy groups -OCH3 is 3. The van der Waals surface area contributed by atoms with Crippen molar-refractivity contribution in [1.82, 2.24) is 10.3 Å². The molecule has 1 unspecified atom stereocenters. The van der Waals surface area contributed by atoms with E-state index in [9.17, 15) is 9.90 Å². The molecule has 0 bridgehead atoms. The molecule has 0 aliphatic heterocycles. The summed E-state index contributed by atoms with van der Waals surface area (Å²) >= 11 is 0. The molecule has 0 radical (unpaired) electrons. The molecule has 0 fully saturated rings. The highest BCUT2D eigenvalue weighted by molar-refractivity contribution is 5.68. The lowest BCUT2D eigenvalue weighted by molar-refractivity contribution is -0.138. The number of nitrogens with zero attached hydrogens (tertiary/aromatic N) is 1.